The number of aliphatic hydroxyl groups is 1. The maximum Gasteiger partial charge on any atom is 0.223 e. The van der Waals surface area contributed by atoms with E-state index in [0.29, 0.717) is 16.6 Å². The summed E-state index contributed by atoms with van der Waals surface area (Å²) in [6.45, 7) is 17.8. The zero-order chi connectivity index (χ0) is 16.5. The van der Waals surface area contributed by atoms with Gasteiger partial charge in [0.2, 0.25) is 5.78 Å². The summed E-state index contributed by atoms with van der Waals surface area (Å²) in [5.41, 5.74) is 5.81. The lowest BCUT2D eigenvalue weighted by molar-refractivity contribution is -0.114. The first-order chi connectivity index (χ1) is 9.61. The van der Waals surface area contributed by atoms with Gasteiger partial charge in [0.1, 0.15) is 0 Å². The Morgan fingerprint density at radius 3 is 1.86 bits per heavy atom. The van der Waals surface area contributed by atoms with Crippen molar-refractivity contribution in [3.8, 4) is 0 Å². The third-order valence-corrected chi connectivity index (χ3v) is 12.4. The molecule has 0 bridgehead atoms. The molecule has 1 aliphatic rings. The minimum absolute atomic E-state index is 0.00716. The second kappa shape index (κ2) is 6.51. The Bertz CT molecular complexity index is 448. The van der Waals surface area contributed by atoms with Gasteiger partial charge in [-0.3, -0.25) is 4.79 Å². The number of Topliss-reactive ketones (excluding diaryl/α,β-unsaturated/α-hetero) is 1. The Kier molecular flexibility index (Phi) is 5.65. The zero-order valence-corrected chi connectivity index (χ0v) is 15.9. The van der Waals surface area contributed by atoms with Crippen LogP contribution in [0.1, 0.15) is 61.8 Å². The molecule has 0 heterocycles. The van der Waals surface area contributed by atoms with Crippen molar-refractivity contribution < 1.29 is 9.90 Å². The Morgan fingerprint density at radius 2 is 1.52 bits per heavy atom. The summed E-state index contributed by atoms with van der Waals surface area (Å²) in [5.74, 6) is -0.0222. The van der Waals surface area contributed by atoms with Gasteiger partial charge in [-0.25, -0.2) is 0 Å². The number of hydrogen-bond donors (Lipinski definition) is 1. The van der Waals surface area contributed by atoms with Crippen molar-refractivity contribution >= 4 is 13.9 Å². The molecule has 1 atom stereocenters. The van der Waals surface area contributed by atoms with E-state index in [1.165, 1.54) is 0 Å². The average molecular weight is 309 g/mol. The molecule has 1 N–H and O–H groups in total. The van der Waals surface area contributed by atoms with Crippen molar-refractivity contribution in [3.63, 3.8) is 0 Å². The van der Waals surface area contributed by atoms with Gasteiger partial charge in [0.15, 0.2) is 5.76 Å². The Morgan fingerprint density at radius 1 is 1.10 bits per heavy atom. The molecule has 0 fully saturated rings. The average Bonchev–Trinajstić information content (AvgIpc) is 2.58. The van der Waals surface area contributed by atoms with Crippen molar-refractivity contribution in [1.29, 1.82) is 0 Å². The van der Waals surface area contributed by atoms with E-state index < -0.39 is 8.07 Å². The molecule has 1 unspecified atom stereocenters. The molecular formula is C18H32O2Si. The lowest BCUT2D eigenvalue weighted by Gasteiger charge is -2.41. The minimum atomic E-state index is -1.77. The number of aliphatic hydroxyl groups excluding tert-OH is 1. The minimum Gasteiger partial charge on any atom is -0.504 e. The van der Waals surface area contributed by atoms with Crippen molar-refractivity contribution in [2.24, 2.45) is 5.92 Å². The second-order valence-corrected chi connectivity index (χ2v) is 13.1. The van der Waals surface area contributed by atoms with Crippen LogP contribution in [0.15, 0.2) is 22.6 Å². The lowest BCUT2D eigenvalue weighted by atomic mass is 9.96. The highest BCUT2D eigenvalue weighted by Gasteiger charge is 2.44. The monoisotopic (exact) mass is 308 g/mol. The summed E-state index contributed by atoms with van der Waals surface area (Å²) in [4.78, 5) is 12.5. The van der Waals surface area contributed by atoms with Gasteiger partial charge in [-0.2, -0.15) is 0 Å². The van der Waals surface area contributed by atoms with E-state index in [9.17, 15) is 9.90 Å². The van der Waals surface area contributed by atoms with Crippen LogP contribution in [-0.2, 0) is 4.79 Å². The molecule has 0 saturated heterocycles. The molecule has 1 rings (SSSR count). The lowest BCUT2D eigenvalue weighted by Crippen LogP contribution is -2.43. The van der Waals surface area contributed by atoms with E-state index in [1.54, 1.807) is 0 Å². The summed E-state index contributed by atoms with van der Waals surface area (Å²) in [6.07, 6.45) is 0.881. The van der Waals surface area contributed by atoms with E-state index >= 15 is 0 Å². The largest absolute Gasteiger partial charge is 0.504 e. The molecule has 0 aromatic heterocycles. The van der Waals surface area contributed by atoms with Gasteiger partial charge >= 0.3 is 0 Å². The predicted octanol–water partition coefficient (Wildman–Crippen LogP) is 5.57. The van der Waals surface area contributed by atoms with Gasteiger partial charge in [0, 0.05) is 11.5 Å². The third kappa shape index (κ3) is 2.90. The maximum absolute atomic E-state index is 12.5. The number of allylic oxidation sites excluding steroid dienone is 2. The number of ketones is 1. The topological polar surface area (TPSA) is 37.3 Å². The molecule has 0 aromatic carbocycles. The smallest absolute Gasteiger partial charge is 0.223 e. The SMILES string of the molecule is CCC1C(C)=C(O)C(=O)/C1=C\[Si](C(C)C)(C(C)C)C(C)C. The van der Waals surface area contributed by atoms with Crippen molar-refractivity contribution in [1.82, 2.24) is 0 Å². The Hall–Kier alpha value is -0.833. The normalized spacial score (nSPS) is 22.5. The Labute approximate surface area is 131 Å². The highest BCUT2D eigenvalue weighted by atomic mass is 28.3. The standard InChI is InChI=1S/C18H32O2Si/c1-9-15-14(8)17(19)18(20)16(15)10-21(11(2)3,12(4)5)13(6)7/h10-13,15,19H,9H2,1-8H3/b16-10-. The maximum atomic E-state index is 12.5. The van der Waals surface area contributed by atoms with E-state index in [4.69, 9.17) is 0 Å². The van der Waals surface area contributed by atoms with Crippen LogP contribution in [0.2, 0.25) is 16.6 Å². The van der Waals surface area contributed by atoms with Gasteiger partial charge in [0.25, 0.3) is 0 Å². The van der Waals surface area contributed by atoms with E-state index in [1.807, 2.05) is 6.92 Å². The van der Waals surface area contributed by atoms with Crippen molar-refractivity contribution in [2.45, 2.75) is 78.4 Å². The first kappa shape index (κ1) is 18.2. The second-order valence-electron chi connectivity index (χ2n) is 7.39. The fourth-order valence-electron chi connectivity index (χ4n) is 4.33. The summed E-state index contributed by atoms with van der Waals surface area (Å²) >= 11 is 0. The summed E-state index contributed by atoms with van der Waals surface area (Å²) < 4.78 is 0. The number of hydrogen-bond acceptors (Lipinski definition) is 2. The number of rotatable bonds is 5. The fraction of sp³-hybridized carbons (Fsp3) is 0.722. The quantitative estimate of drug-likeness (QED) is 0.532. The van der Waals surface area contributed by atoms with Crippen LogP contribution in [-0.4, -0.2) is 19.0 Å². The van der Waals surface area contributed by atoms with Crippen LogP contribution >= 0.6 is 0 Å². The number of carbonyl (C=O) groups excluding carboxylic acids is 1. The molecule has 0 saturated carbocycles. The van der Waals surface area contributed by atoms with Crippen LogP contribution in [0.3, 0.4) is 0 Å². The van der Waals surface area contributed by atoms with Gasteiger partial charge in [-0.1, -0.05) is 54.2 Å². The van der Waals surface area contributed by atoms with Gasteiger partial charge < -0.3 is 5.11 Å². The van der Waals surface area contributed by atoms with Crippen LogP contribution in [0.5, 0.6) is 0 Å². The molecule has 21 heavy (non-hydrogen) atoms. The van der Waals surface area contributed by atoms with E-state index in [2.05, 4.69) is 54.2 Å². The van der Waals surface area contributed by atoms with E-state index in [-0.39, 0.29) is 17.5 Å². The summed E-state index contributed by atoms with van der Waals surface area (Å²) in [7, 11) is -1.77. The van der Waals surface area contributed by atoms with Gasteiger partial charge in [-0.05, 0) is 35.5 Å². The van der Waals surface area contributed by atoms with Crippen molar-refractivity contribution in [2.75, 3.05) is 0 Å². The molecule has 0 radical (unpaired) electrons. The first-order valence-electron chi connectivity index (χ1n) is 8.28. The van der Waals surface area contributed by atoms with Crippen LogP contribution in [0.4, 0.5) is 0 Å². The molecule has 3 heteroatoms. The fourth-order valence-corrected chi connectivity index (χ4v) is 10.2. The molecule has 0 aliphatic heterocycles. The molecule has 120 valence electrons. The van der Waals surface area contributed by atoms with Gasteiger partial charge in [0.05, 0.1) is 8.07 Å². The molecular weight excluding hydrogens is 276 g/mol. The predicted molar refractivity (Wildman–Crippen MR) is 93.2 cm³/mol. The van der Waals surface area contributed by atoms with Crippen molar-refractivity contribution in [3.05, 3.63) is 22.6 Å². The van der Waals surface area contributed by atoms with Crippen LogP contribution < -0.4 is 0 Å². The zero-order valence-electron chi connectivity index (χ0n) is 14.9. The van der Waals surface area contributed by atoms with Crippen LogP contribution in [0.25, 0.3) is 0 Å². The molecule has 0 spiro atoms. The summed E-state index contributed by atoms with van der Waals surface area (Å²) in [5, 5.41) is 10.1. The number of carbonyl (C=O) groups is 1. The highest BCUT2D eigenvalue weighted by molar-refractivity contribution is 6.88. The Balaban J connectivity index is 3.46. The van der Waals surface area contributed by atoms with Crippen LogP contribution in [0, 0.1) is 5.92 Å². The highest BCUT2D eigenvalue weighted by Crippen LogP contribution is 2.45. The van der Waals surface area contributed by atoms with Gasteiger partial charge in [-0.15, -0.1) is 0 Å². The third-order valence-electron chi connectivity index (χ3n) is 5.56. The molecule has 0 amide bonds. The molecule has 0 aromatic rings. The first-order valence-corrected chi connectivity index (χ1v) is 10.6. The molecule has 1 aliphatic carbocycles. The molecule has 2 nitrogen and oxygen atoms in total. The van der Waals surface area contributed by atoms with E-state index in [0.717, 1.165) is 17.6 Å². The summed E-state index contributed by atoms with van der Waals surface area (Å²) in [6, 6.07) is 0.